The van der Waals surface area contributed by atoms with Crippen LogP contribution in [0.2, 0.25) is 0 Å². The Morgan fingerprint density at radius 3 is 2.56 bits per heavy atom. The van der Waals surface area contributed by atoms with Crippen molar-refractivity contribution in [1.29, 1.82) is 0 Å². The van der Waals surface area contributed by atoms with Crippen molar-refractivity contribution in [3.05, 3.63) is 15.9 Å². The van der Waals surface area contributed by atoms with Gasteiger partial charge in [-0.25, -0.2) is 8.42 Å². The predicted octanol–water partition coefficient (Wildman–Crippen LogP) is 2.71. The van der Waals surface area contributed by atoms with E-state index < -0.39 is 9.84 Å². The maximum atomic E-state index is 11.9. The minimum absolute atomic E-state index is 0.00669. The second kappa shape index (κ2) is 5.31. The standard InChI is InChI=1S/C10H16BrNO3S/c1-4-7(2)5-16(13,14)6-9-8(3)15-12-10(9)11/h7H,4-6H2,1-3H3. The molecule has 6 heteroatoms. The first-order valence-electron chi connectivity index (χ1n) is 5.16. The molecule has 0 amide bonds. The van der Waals surface area contributed by atoms with Crippen molar-refractivity contribution in [2.24, 2.45) is 5.92 Å². The molecule has 1 unspecified atom stereocenters. The Morgan fingerprint density at radius 1 is 1.50 bits per heavy atom. The van der Waals surface area contributed by atoms with Crippen molar-refractivity contribution in [3.63, 3.8) is 0 Å². The zero-order valence-corrected chi connectivity index (χ0v) is 12.1. The van der Waals surface area contributed by atoms with E-state index in [1.165, 1.54) is 0 Å². The Hall–Kier alpha value is -0.360. The number of aryl methyl sites for hydroxylation is 1. The van der Waals surface area contributed by atoms with Crippen molar-refractivity contribution >= 4 is 25.8 Å². The number of rotatable bonds is 5. The first-order chi connectivity index (χ1) is 7.35. The van der Waals surface area contributed by atoms with Gasteiger partial charge in [-0.3, -0.25) is 0 Å². The number of hydrogen-bond donors (Lipinski definition) is 0. The molecule has 0 bridgehead atoms. The van der Waals surface area contributed by atoms with E-state index in [9.17, 15) is 8.42 Å². The Morgan fingerprint density at radius 2 is 2.12 bits per heavy atom. The monoisotopic (exact) mass is 309 g/mol. The SMILES string of the molecule is CCC(C)CS(=O)(=O)Cc1c(Br)noc1C. The smallest absolute Gasteiger partial charge is 0.154 e. The summed E-state index contributed by atoms with van der Waals surface area (Å²) in [4.78, 5) is 0. The van der Waals surface area contributed by atoms with E-state index in [2.05, 4.69) is 21.1 Å². The molecule has 1 atom stereocenters. The van der Waals surface area contributed by atoms with Crippen molar-refractivity contribution in [2.75, 3.05) is 5.75 Å². The van der Waals surface area contributed by atoms with Crippen LogP contribution in [0, 0.1) is 12.8 Å². The van der Waals surface area contributed by atoms with Gasteiger partial charge in [0.15, 0.2) is 14.4 Å². The minimum Gasteiger partial charge on any atom is -0.360 e. The summed E-state index contributed by atoms with van der Waals surface area (Å²) < 4.78 is 29.2. The molecule has 0 N–H and O–H groups in total. The van der Waals surface area contributed by atoms with Gasteiger partial charge >= 0.3 is 0 Å². The number of nitrogens with zero attached hydrogens (tertiary/aromatic N) is 1. The van der Waals surface area contributed by atoms with Gasteiger partial charge in [-0.1, -0.05) is 25.4 Å². The van der Waals surface area contributed by atoms with Gasteiger partial charge in [0.05, 0.1) is 11.5 Å². The molecule has 1 heterocycles. The van der Waals surface area contributed by atoms with Gasteiger partial charge in [0, 0.05) is 5.56 Å². The van der Waals surface area contributed by atoms with Gasteiger partial charge in [0.25, 0.3) is 0 Å². The summed E-state index contributed by atoms with van der Waals surface area (Å²) >= 11 is 3.18. The lowest BCUT2D eigenvalue weighted by molar-refractivity contribution is 0.393. The molecule has 4 nitrogen and oxygen atoms in total. The fourth-order valence-corrected chi connectivity index (χ4v) is 4.03. The number of aromatic nitrogens is 1. The van der Waals surface area contributed by atoms with Gasteiger partial charge in [-0.15, -0.1) is 0 Å². The van der Waals surface area contributed by atoms with Crippen LogP contribution in [-0.2, 0) is 15.6 Å². The van der Waals surface area contributed by atoms with E-state index in [1.807, 2.05) is 13.8 Å². The van der Waals surface area contributed by atoms with E-state index >= 15 is 0 Å². The highest BCUT2D eigenvalue weighted by Crippen LogP contribution is 2.22. The lowest BCUT2D eigenvalue weighted by Gasteiger charge is -2.08. The summed E-state index contributed by atoms with van der Waals surface area (Å²) in [6.45, 7) is 5.64. The molecule has 16 heavy (non-hydrogen) atoms. The summed E-state index contributed by atoms with van der Waals surface area (Å²) in [5.41, 5.74) is 0.628. The average molecular weight is 310 g/mol. The van der Waals surface area contributed by atoms with Gasteiger partial charge in [-0.2, -0.15) is 0 Å². The Bertz CT molecular complexity index is 433. The van der Waals surface area contributed by atoms with E-state index in [0.29, 0.717) is 15.9 Å². The molecule has 0 aliphatic carbocycles. The van der Waals surface area contributed by atoms with Gasteiger partial charge in [0.2, 0.25) is 0 Å². The van der Waals surface area contributed by atoms with Crippen molar-refractivity contribution in [2.45, 2.75) is 32.9 Å². The first-order valence-corrected chi connectivity index (χ1v) is 7.78. The summed E-state index contributed by atoms with van der Waals surface area (Å²) in [5.74, 6) is 0.942. The predicted molar refractivity (Wildman–Crippen MR) is 65.9 cm³/mol. The van der Waals surface area contributed by atoms with E-state index in [4.69, 9.17) is 4.52 Å². The van der Waals surface area contributed by atoms with Crippen LogP contribution >= 0.6 is 15.9 Å². The lowest BCUT2D eigenvalue weighted by Crippen LogP contribution is -2.15. The third kappa shape index (κ3) is 3.59. The molecule has 0 aliphatic heterocycles. The second-order valence-electron chi connectivity index (χ2n) is 4.08. The lowest BCUT2D eigenvalue weighted by atomic mass is 10.2. The van der Waals surface area contributed by atoms with Crippen LogP contribution in [0.15, 0.2) is 9.13 Å². The highest BCUT2D eigenvalue weighted by atomic mass is 79.9. The molecule has 1 aromatic rings. The van der Waals surface area contributed by atoms with Crippen LogP contribution < -0.4 is 0 Å². The summed E-state index contributed by atoms with van der Waals surface area (Å²) in [7, 11) is -3.09. The molecule has 0 radical (unpaired) electrons. The highest BCUT2D eigenvalue weighted by Gasteiger charge is 2.21. The molecule has 0 aromatic carbocycles. The summed E-state index contributed by atoms with van der Waals surface area (Å²) in [6, 6.07) is 0. The minimum atomic E-state index is -3.09. The van der Waals surface area contributed by atoms with Gasteiger partial charge in [-0.05, 0) is 28.8 Å². The summed E-state index contributed by atoms with van der Waals surface area (Å²) in [5, 5.41) is 3.68. The zero-order valence-electron chi connectivity index (χ0n) is 9.66. The van der Waals surface area contributed by atoms with Crippen LogP contribution in [0.1, 0.15) is 31.6 Å². The topological polar surface area (TPSA) is 60.2 Å². The quantitative estimate of drug-likeness (QED) is 0.839. The maximum Gasteiger partial charge on any atom is 0.154 e. The molecule has 1 rings (SSSR count). The largest absolute Gasteiger partial charge is 0.360 e. The molecule has 0 saturated heterocycles. The number of sulfone groups is 1. The molecule has 92 valence electrons. The van der Waals surface area contributed by atoms with Crippen LogP contribution in [0.25, 0.3) is 0 Å². The fraction of sp³-hybridized carbons (Fsp3) is 0.700. The molecule has 0 fully saturated rings. The number of halogens is 1. The van der Waals surface area contributed by atoms with Crippen molar-refractivity contribution in [3.8, 4) is 0 Å². The van der Waals surface area contributed by atoms with E-state index in [0.717, 1.165) is 6.42 Å². The van der Waals surface area contributed by atoms with Crippen molar-refractivity contribution < 1.29 is 12.9 Å². The zero-order chi connectivity index (χ0) is 12.3. The maximum absolute atomic E-state index is 11.9. The van der Waals surface area contributed by atoms with Crippen LogP contribution in [0.5, 0.6) is 0 Å². The third-order valence-electron chi connectivity index (χ3n) is 2.54. The Kier molecular flexibility index (Phi) is 4.55. The fourth-order valence-electron chi connectivity index (χ4n) is 1.36. The molecular weight excluding hydrogens is 294 g/mol. The molecule has 0 saturated carbocycles. The number of hydrogen-bond acceptors (Lipinski definition) is 4. The van der Waals surface area contributed by atoms with Crippen LogP contribution in [0.4, 0.5) is 0 Å². The normalized spacial score (nSPS) is 14.0. The van der Waals surface area contributed by atoms with Crippen LogP contribution in [-0.4, -0.2) is 19.3 Å². The van der Waals surface area contributed by atoms with Crippen molar-refractivity contribution in [1.82, 2.24) is 5.16 Å². The second-order valence-corrected chi connectivity index (χ2v) is 6.94. The molecule has 0 aliphatic rings. The first kappa shape index (κ1) is 13.7. The Balaban J connectivity index is 2.81. The molecular formula is C10H16BrNO3S. The highest BCUT2D eigenvalue weighted by molar-refractivity contribution is 9.10. The molecule has 1 aromatic heterocycles. The molecule has 0 spiro atoms. The van der Waals surface area contributed by atoms with Gasteiger partial charge < -0.3 is 4.52 Å². The van der Waals surface area contributed by atoms with Gasteiger partial charge in [0.1, 0.15) is 5.76 Å². The summed E-state index contributed by atoms with van der Waals surface area (Å²) in [6.07, 6.45) is 0.864. The van der Waals surface area contributed by atoms with E-state index in [-0.39, 0.29) is 17.4 Å². The third-order valence-corrected chi connectivity index (χ3v) is 4.97. The van der Waals surface area contributed by atoms with E-state index in [1.54, 1.807) is 6.92 Å². The van der Waals surface area contributed by atoms with Crippen LogP contribution in [0.3, 0.4) is 0 Å². The average Bonchev–Trinajstić information content (AvgIpc) is 2.48. The Labute approximate surface area is 104 Å².